The Hall–Kier alpha value is -3.01. The van der Waals surface area contributed by atoms with E-state index in [0.29, 0.717) is 17.1 Å². The predicted molar refractivity (Wildman–Crippen MR) is 107 cm³/mol. The van der Waals surface area contributed by atoms with E-state index in [1.807, 2.05) is 34.9 Å². The molecule has 3 rings (SSSR count). The summed E-state index contributed by atoms with van der Waals surface area (Å²) in [5.74, 6) is 1.65. The summed E-state index contributed by atoms with van der Waals surface area (Å²) in [6, 6.07) is 11.6. The molecule has 0 saturated carbocycles. The molecule has 4 heteroatoms. The third-order valence-electron chi connectivity index (χ3n) is 3.94. The van der Waals surface area contributed by atoms with Crippen LogP contribution in [-0.4, -0.2) is 20.2 Å². The molecule has 0 radical (unpaired) electrons. The lowest BCUT2D eigenvalue weighted by Gasteiger charge is -2.23. The number of fused-ring (bicyclic) bond motifs is 1. The van der Waals surface area contributed by atoms with Crippen molar-refractivity contribution in [1.82, 2.24) is 9.55 Å². The second kappa shape index (κ2) is 6.13. The first-order valence-corrected chi connectivity index (χ1v) is 8.22. The van der Waals surface area contributed by atoms with Gasteiger partial charge in [0, 0.05) is 11.7 Å². The Labute approximate surface area is 148 Å². The molecule has 2 aromatic carbocycles. The lowest BCUT2D eigenvalue weighted by molar-refractivity contribution is 0.478. The van der Waals surface area contributed by atoms with Crippen molar-refractivity contribution in [1.29, 1.82) is 0 Å². The maximum atomic E-state index is 10.6. The van der Waals surface area contributed by atoms with Crippen LogP contribution in [0.4, 0.5) is 5.82 Å². The van der Waals surface area contributed by atoms with Gasteiger partial charge >= 0.3 is 0 Å². The third-order valence-corrected chi connectivity index (χ3v) is 3.94. The zero-order chi connectivity index (χ0) is 18.2. The van der Waals surface area contributed by atoms with Crippen LogP contribution in [0.25, 0.3) is 34.3 Å². The molecule has 0 atom stereocenters. The third kappa shape index (κ3) is 3.03. The number of benzene rings is 2. The van der Waals surface area contributed by atoms with Gasteiger partial charge in [-0.15, -0.1) is 0 Å². The highest BCUT2D eigenvalue weighted by Gasteiger charge is 2.23. The van der Waals surface area contributed by atoms with Crippen molar-refractivity contribution in [2.24, 2.45) is 0 Å². The van der Waals surface area contributed by atoms with Crippen LogP contribution >= 0.6 is 0 Å². The highest BCUT2D eigenvalue weighted by Crippen LogP contribution is 2.40. The number of phenols is 1. The molecule has 0 aliphatic carbocycles. The van der Waals surface area contributed by atoms with Gasteiger partial charge in [0.15, 0.2) is 0 Å². The van der Waals surface area contributed by atoms with Crippen molar-refractivity contribution in [3.05, 3.63) is 55.4 Å². The molecule has 25 heavy (non-hydrogen) atoms. The number of imidazole rings is 1. The summed E-state index contributed by atoms with van der Waals surface area (Å²) in [6.07, 6.45) is 3.38. The van der Waals surface area contributed by atoms with Gasteiger partial charge in [-0.2, -0.15) is 0 Å². The summed E-state index contributed by atoms with van der Waals surface area (Å²) in [4.78, 5) is 4.72. The van der Waals surface area contributed by atoms with Crippen LogP contribution in [0.3, 0.4) is 0 Å². The number of nitrogens with zero attached hydrogens (tertiary/aromatic N) is 2. The van der Waals surface area contributed by atoms with Crippen LogP contribution in [0.1, 0.15) is 26.6 Å². The molecule has 1 heterocycles. The average molecular weight is 333 g/mol. The molecular weight excluding hydrogens is 310 g/mol. The van der Waals surface area contributed by atoms with E-state index in [4.69, 9.17) is 4.98 Å². The van der Waals surface area contributed by atoms with Gasteiger partial charge in [-0.25, -0.2) is 4.98 Å². The van der Waals surface area contributed by atoms with Crippen LogP contribution in [-0.2, 0) is 0 Å². The lowest BCUT2D eigenvalue weighted by Crippen LogP contribution is -2.27. The van der Waals surface area contributed by atoms with Crippen LogP contribution in [0.2, 0.25) is 0 Å². The Bertz CT molecular complexity index is 961. The van der Waals surface area contributed by atoms with E-state index in [-0.39, 0.29) is 11.3 Å². The van der Waals surface area contributed by atoms with E-state index in [9.17, 15) is 5.11 Å². The second-order valence-electron chi connectivity index (χ2n) is 6.98. The fourth-order valence-corrected chi connectivity index (χ4v) is 2.94. The minimum atomic E-state index is -0.186. The molecule has 0 amide bonds. The molecule has 0 saturated heterocycles. The van der Waals surface area contributed by atoms with Crippen molar-refractivity contribution < 1.29 is 5.11 Å². The number of aromatic nitrogens is 2. The summed E-state index contributed by atoms with van der Waals surface area (Å²) < 4.78 is 1.86. The van der Waals surface area contributed by atoms with Gasteiger partial charge in [0.05, 0.1) is 5.56 Å². The van der Waals surface area contributed by atoms with Crippen molar-refractivity contribution >= 4 is 28.9 Å². The molecule has 1 aromatic heterocycles. The summed E-state index contributed by atoms with van der Waals surface area (Å²) in [5, 5.41) is 16.1. The number of hydrogen-bond acceptors (Lipinski definition) is 3. The van der Waals surface area contributed by atoms with E-state index >= 15 is 0 Å². The van der Waals surface area contributed by atoms with Gasteiger partial charge < -0.3 is 10.4 Å². The maximum Gasteiger partial charge on any atom is 0.139 e. The molecule has 0 bridgehead atoms. The Morgan fingerprint density at radius 1 is 1.12 bits per heavy atom. The van der Waals surface area contributed by atoms with E-state index < -0.39 is 0 Å². The summed E-state index contributed by atoms with van der Waals surface area (Å²) in [6.45, 7) is 14.0. The first kappa shape index (κ1) is 16.8. The molecule has 0 aliphatic heterocycles. The zero-order valence-electron chi connectivity index (χ0n) is 14.9. The number of phenolic OH excluding ortho intramolecular Hbond substituents is 1. The molecule has 0 fully saturated rings. The molecule has 3 aromatic rings. The van der Waals surface area contributed by atoms with Gasteiger partial charge in [0.1, 0.15) is 23.1 Å². The fourth-order valence-electron chi connectivity index (χ4n) is 2.94. The quantitative estimate of drug-likeness (QED) is 0.675. The molecule has 0 aliphatic rings. The number of hydrogen-bond donors (Lipinski definition) is 2. The van der Waals surface area contributed by atoms with E-state index in [1.165, 1.54) is 0 Å². The first-order chi connectivity index (χ1) is 11.9. The van der Waals surface area contributed by atoms with Gasteiger partial charge in [-0.05, 0) is 43.7 Å². The monoisotopic (exact) mass is 333 g/mol. The average Bonchev–Trinajstić information content (AvgIpc) is 2.90. The number of anilines is 1. The highest BCUT2D eigenvalue weighted by atomic mass is 16.3. The standard InChI is InChI=1S/C21H23N3O/c1-6-17-22-19(20(24(17)7-2)23-21(3,4)5)18-15-11-9-8-10-14(15)12-13-16(18)25/h6-13,23,25H,1-2H2,3-5H3. The van der Waals surface area contributed by atoms with E-state index in [0.717, 1.165) is 16.6 Å². The molecule has 2 N–H and O–H groups in total. The normalized spacial score (nSPS) is 11.5. The smallest absolute Gasteiger partial charge is 0.139 e. The van der Waals surface area contributed by atoms with Gasteiger partial charge in [0.2, 0.25) is 0 Å². The SMILES string of the molecule is C=Cc1nc(-c2c(O)ccc3ccccc23)c(NC(C)(C)C)n1C=C. The Morgan fingerprint density at radius 2 is 1.84 bits per heavy atom. The molecule has 128 valence electrons. The van der Waals surface area contributed by atoms with Crippen LogP contribution in [0.5, 0.6) is 5.75 Å². The van der Waals surface area contributed by atoms with Crippen LogP contribution in [0.15, 0.2) is 49.6 Å². The van der Waals surface area contributed by atoms with Crippen LogP contribution < -0.4 is 5.32 Å². The minimum absolute atomic E-state index is 0.186. The zero-order valence-corrected chi connectivity index (χ0v) is 14.9. The van der Waals surface area contributed by atoms with Gasteiger partial charge in [-0.1, -0.05) is 43.5 Å². The largest absolute Gasteiger partial charge is 0.507 e. The Kier molecular flexibility index (Phi) is 4.13. The first-order valence-electron chi connectivity index (χ1n) is 8.22. The topological polar surface area (TPSA) is 50.1 Å². The summed E-state index contributed by atoms with van der Waals surface area (Å²) in [5.41, 5.74) is 1.20. The second-order valence-corrected chi connectivity index (χ2v) is 6.98. The Balaban J connectivity index is 2.38. The number of nitrogens with one attached hydrogen (secondary N) is 1. The molecule has 4 nitrogen and oxygen atoms in total. The van der Waals surface area contributed by atoms with Crippen molar-refractivity contribution in [2.45, 2.75) is 26.3 Å². The molecule has 0 unspecified atom stereocenters. The number of rotatable bonds is 4. The van der Waals surface area contributed by atoms with Crippen molar-refractivity contribution in [3.8, 4) is 17.0 Å². The fraction of sp³-hybridized carbons (Fsp3) is 0.190. The molecule has 0 spiro atoms. The van der Waals surface area contributed by atoms with E-state index in [1.54, 1.807) is 18.3 Å². The van der Waals surface area contributed by atoms with Crippen molar-refractivity contribution in [3.63, 3.8) is 0 Å². The minimum Gasteiger partial charge on any atom is -0.507 e. The van der Waals surface area contributed by atoms with Gasteiger partial charge in [-0.3, -0.25) is 4.57 Å². The van der Waals surface area contributed by atoms with Crippen LogP contribution in [0, 0.1) is 0 Å². The van der Waals surface area contributed by atoms with E-state index in [2.05, 4.69) is 39.2 Å². The Morgan fingerprint density at radius 3 is 2.48 bits per heavy atom. The molecular formula is C21H23N3O. The van der Waals surface area contributed by atoms with Gasteiger partial charge in [0.25, 0.3) is 0 Å². The predicted octanol–water partition coefficient (Wildman–Crippen LogP) is 5.36. The highest BCUT2D eigenvalue weighted by molar-refractivity contribution is 6.01. The summed E-state index contributed by atoms with van der Waals surface area (Å²) >= 11 is 0. The van der Waals surface area contributed by atoms with Crippen molar-refractivity contribution in [2.75, 3.05) is 5.32 Å². The summed E-state index contributed by atoms with van der Waals surface area (Å²) in [7, 11) is 0. The number of aromatic hydroxyl groups is 1. The lowest BCUT2D eigenvalue weighted by atomic mass is 10.0. The maximum absolute atomic E-state index is 10.6.